The summed E-state index contributed by atoms with van der Waals surface area (Å²) in [5.74, 6) is -0.823. The number of benzene rings is 2. The molecule has 7 heteroatoms. The molecule has 1 amide bonds. The van der Waals surface area contributed by atoms with Crippen LogP contribution >= 0.6 is 15.9 Å². The molecule has 23 heavy (non-hydrogen) atoms. The van der Waals surface area contributed by atoms with E-state index in [1.54, 1.807) is 6.07 Å². The first-order valence-electron chi connectivity index (χ1n) is 6.61. The van der Waals surface area contributed by atoms with Gasteiger partial charge in [0.05, 0.1) is 18.4 Å². The van der Waals surface area contributed by atoms with E-state index in [1.807, 2.05) is 19.1 Å². The molecule has 0 heterocycles. The summed E-state index contributed by atoms with van der Waals surface area (Å²) in [5.41, 5.74) is 1.49. The maximum absolute atomic E-state index is 12.6. The van der Waals surface area contributed by atoms with E-state index in [0.29, 0.717) is 10.2 Å². The van der Waals surface area contributed by atoms with Crippen molar-refractivity contribution in [1.29, 1.82) is 0 Å². The Kier molecular flexibility index (Phi) is 5.54. The number of carbonyl (C=O) groups excluding carboxylic acids is 1. The smallest absolute Gasteiger partial charge is 0.387 e. The van der Waals surface area contributed by atoms with Gasteiger partial charge in [0.1, 0.15) is 0 Å². The van der Waals surface area contributed by atoms with Gasteiger partial charge >= 0.3 is 6.61 Å². The maximum Gasteiger partial charge on any atom is 0.387 e. The zero-order valence-electron chi connectivity index (χ0n) is 12.4. The second-order valence-corrected chi connectivity index (χ2v) is 5.51. The predicted octanol–water partition coefficient (Wildman–Crippen LogP) is 4.62. The van der Waals surface area contributed by atoms with Crippen molar-refractivity contribution < 1.29 is 23.0 Å². The van der Waals surface area contributed by atoms with Crippen LogP contribution in [0.3, 0.4) is 0 Å². The van der Waals surface area contributed by atoms with E-state index in [9.17, 15) is 13.6 Å². The number of nitrogens with one attached hydrogen (secondary N) is 1. The van der Waals surface area contributed by atoms with E-state index in [2.05, 4.69) is 26.0 Å². The fourth-order valence-electron chi connectivity index (χ4n) is 1.98. The minimum atomic E-state index is -3.07. The molecule has 0 saturated heterocycles. The number of methoxy groups -OCH3 is 1. The van der Waals surface area contributed by atoms with Gasteiger partial charge in [0.15, 0.2) is 11.5 Å². The van der Waals surface area contributed by atoms with Crippen molar-refractivity contribution in [2.45, 2.75) is 13.5 Å². The minimum absolute atomic E-state index is 0.0443. The van der Waals surface area contributed by atoms with Gasteiger partial charge in [-0.25, -0.2) is 0 Å². The highest BCUT2D eigenvalue weighted by Gasteiger charge is 2.20. The predicted molar refractivity (Wildman–Crippen MR) is 86.5 cm³/mol. The van der Waals surface area contributed by atoms with Gasteiger partial charge in [0.25, 0.3) is 5.91 Å². The van der Waals surface area contributed by atoms with E-state index < -0.39 is 12.5 Å². The van der Waals surface area contributed by atoms with Gasteiger partial charge in [0, 0.05) is 4.47 Å². The molecule has 0 atom stereocenters. The zero-order chi connectivity index (χ0) is 17.0. The second-order valence-electron chi connectivity index (χ2n) is 4.65. The summed E-state index contributed by atoms with van der Waals surface area (Å²) in [7, 11) is 1.31. The molecule has 0 aliphatic heterocycles. The second kappa shape index (κ2) is 7.41. The number of rotatable bonds is 5. The third kappa shape index (κ3) is 4.19. The molecule has 2 aromatic carbocycles. The van der Waals surface area contributed by atoms with Crippen molar-refractivity contribution in [3.05, 3.63) is 52.0 Å². The molecule has 0 fully saturated rings. The maximum atomic E-state index is 12.6. The van der Waals surface area contributed by atoms with E-state index in [4.69, 9.17) is 4.74 Å². The van der Waals surface area contributed by atoms with Crippen molar-refractivity contribution in [3.8, 4) is 11.5 Å². The van der Waals surface area contributed by atoms with Gasteiger partial charge < -0.3 is 14.8 Å². The number of alkyl halides is 2. The minimum Gasteiger partial charge on any atom is -0.493 e. The van der Waals surface area contributed by atoms with E-state index in [1.165, 1.54) is 25.3 Å². The third-order valence-electron chi connectivity index (χ3n) is 3.02. The molecule has 0 spiro atoms. The number of hydrogen-bond donors (Lipinski definition) is 1. The molecule has 1 N–H and O–H groups in total. The number of para-hydroxylation sites is 1. The lowest BCUT2D eigenvalue weighted by atomic mass is 10.1. The molecule has 2 aromatic rings. The Morgan fingerprint density at radius 2 is 2.00 bits per heavy atom. The van der Waals surface area contributed by atoms with Crippen LogP contribution in [0.15, 0.2) is 40.9 Å². The highest BCUT2D eigenvalue weighted by molar-refractivity contribution is 9.10. The van der Waals surface area contributed by atoms with Gasteiger partial charge in [-0.2, -0.15) is 8.78 Å². The topological polar surface area (TPSA) is 47.6 Å². The number of hydrogen-bond acceptors (Lipinski definition) is 3. The van der Waals surface area contributed by atoms with E-state index >= 15 is 0 Å². The summed E-state index contributed by atoms with van der Waals surface area (Å²) in [4.78, 5) is 12.4. The van der Waals surface area contributed by atoms with Gasteiger partial charge in [-0.15, -0.1) is 0 Å². The number of anilines is 1. The monoisotopic (exact) mass is 385 g/mol. The van der Waals surface area contributed by atoms with Crippen LogP contribution in [-0.2, 0) is 0 Å². The van der Waals surface area contributed by atoms with Crippen LogP contribution in [0.25, 0.3) is 0 Å². The Morgan fingerprint density at radius 3 is 2.61 bits per heavy atom. The Morgan fingerprint density at radius 1 is 1.26 bits per heavy atom. The van der Waals surface area contributed by atoms with Crippen molar-refractivity contribution in [1.82, 2.24) is 0 Å². The molecule has 0 bridgehead atoms. The molecule has 0 aliphatic rings. The molecule has 0 aliphatic carbocycles. The lowest BCUT2D eigenvalue weighted by Crippen LogP contribution is -2.16. The average Bonchev–Trinajstić information content (AvgIpc) is 2.49. The molecule has 0 unspecified atom stereocenters. The zero-order valence-corrected chi connectivity index (χ0v) is 14.0. The highest BCUT2D eigenvalue weighted by Crippen LogP contribution is 2.33. The first-order chi connectivity index (χ1) is 10.9. The Hall–Kier alpha value is -2.15. The van der Waals surface area contributed by atoms with Gasteiger partial charge in [-0.05, 0) is 52.7 Å². The molecular formula is C16H14BrF2NO3. The van der Waals surface area contributed by atoms with Crippen molar-refractivity contribution in [2.75, 3.05) is 12.4 Å². The average molecular weight is 386 g/mol. The molecule has 122 valence electrons. The summed E-state index contributed by atoms with van der Waals surface area (Å²) >= 11 is 3.34. The van der Waals surface area contributed by atoms with E-state index in [0.717, 1.165) is 5.56 Å². The quantitative estimate of drug-likeness (QED) is 0.816. The lowest BCUT2D eigenvalue weighted by Gasteiger charge is -2.15. The molecule has 0 aromatic heterocycles. The molecule has 4 nitrogen and oxygen atoms in total. The number of carbonyl (C=O) groups is 1. The fourth-order valence-corrected chi connectivity index (χ4v) is 2.57. The van der Waals surface area contributed by atoms with Crippen LogP contribution in [0.1, 0.15) is 15.9 Å². The van der Waals surface area contributed by atoms with Crippen LogP contribution in [0.5, 0.6) is 11.5 Å². The van der Waals surface area contributed by atoms with Crippen LogP contribution in [0.4, 0.5) is 14.5 Å². The summed E-state index contributed by atoms with van der Waals surface area (Å²) < 4.78 is 35.3. The number of ether oxygens (including phenoxy) is 2. The van der Waals surface area contributed by atoms with Gasteiger partial charge in [-0.1, -0.05) is 12.1 Å². The molecule has 2 rings (SSSR count). The van der Waals surface area contributed by atoms with Crippen LogP contribution < -0.4 is 14.8 Å². The Balaban J connectivity index is 2.35. The Labute approximate surface area is 140 Å². The number of aryl methyl sites for hydroxylation is 1. The van der Waals surface area contributed by atoms with Gasteiger partial charge in [-0.3, -0.25) is 4.79 Å². The van der Waals surface area contributed by atoms with Crippen molar-refractivity contribution >= 4 is 27.5 Å². The first-order valence-corrected chi connectivity index (χ1v) is 7.41. The SMILES string of the molecule is COc1cccc(C(=O)Nc2ccc(C)cc2Br)c1OC(F)F. The lowest BCUT2D eigenvalue weighted by molar-refractivity contribution is -0.0515. The fraction of sp³-hybridized carbons (Fsp3) is 0.188. The van der Waals surface area contributed by atoms with Crippen molar-refractivity contribution in [2.24, 2.45) is 0 Å². The third-order valence-corrected chi connectivity index (χ3v) is 3.68. The normalized spacial score (nSPS) is 10.5. The summed E-state index contributed by atoms with van der Waals surface area (Å²) in [6.07, 6.45) is 0. The summed E-state index contributed by atoms with van der Waals surface area (Å²) in [5, 5.41) is 2.65. The molecule has 0 saturated carbocycles. The largest absolute Gasteiger partial charge is 0.493 e. The summed E-state index contributed by atoms with van der Waals surface area (Å²) in [6.45, 7) is -1.16. The summed E-state index contributed by atoms with van der Waals surface area (Å²) in [6, 6.07) is 9.72. The molecular weight excluding hydrogens is 372 g/mol. The Bertz CT molecular complexity index is 722. The number of halogens is 3. The van der Waals surface area contributed by atoms with Crippen LogP contribution in [0.2, 0.25) is 0 Å². The highest BCUT2D eigenvalue weighted by atomic mass is 79.9. The van der Waals surface area contributed by atoms with Crippen LogP contribution in [-0.4, -0.2) is 19.6 Å². The van der Waals surface area contributed by atoms with Crippen molar-refractivity contribution in [3.63, 3.8) is 0 Å². The van der Waals surface area contributed by atoms with Gasteiger partial charge in [0.2, 0.25) is 0 Å². The standard InChI is InChI=1S/C16H14BrF2NO3/c1-9-6-7-12(11(17)8-9)20-15(21)10-4-3-5-13(22-2)14(10)23-16(18)19/h3-8,16H,1-2H3,(H,20,21). The van der Waals surface area contributed by atoms with E-state index in [-0.39, 0.29) is 17.1 Å². The number of amides is 1. The van der Waals surface area contributed by atoms with Crippen LogP contribution in [0, 0.1) is 6.92 Å². The first kappa shape index (κ1) is 17.2. The molecule has 0 radical (unpaired) electrons.